The fraction of sp³-hybridized carbons (Fsp3) is 0.389. The number of para-hydroxylation sites is 1. The van der Waals surface area contributed by atoms with Crippen LogP contribution in [0.5, 0.6) is 0 Å². The third-order valence-electron chi connectivity index (χ3n) is 4.32. The van der Waals surface area contributed by atoms with Gasteiger partial charge in [-0.1, -0.05) is 23.4 Å². The van der Waals surface area contributed by atoms with Crippen molar-refractivity contribution in [3.63, 3.8) is 0 Å². The summed E-state index contributed by atoms with van der Waals surface area (Å²) in [6.45, 7) is 6.13. The summed E-state index contributed by atoms with van der Waals surface area (Å²) in [4.78, 5) is 2.36. The van der Waals surface area contributed by atoms with Gasteiger partial charge in [-0.25, -0.2) is 4.68 Å². The molecule has 1 saturated heterocycles. The van der Waals surface area contributed by atoms with Gasteiger partial charge < -0.3 is 4.74 Å². The molecular formula is C18H22N6O. The lowest BCUT2D eigenvalue weighted by Gasteiger charge is -2.32. The predicted octanol–water partition coefficient (Wildman–Crippen LogP) is 1.67. The average Bonchev–Trinajstić information content (AvgIpc) is 3.25. The van der Waals surface area contributed by atoms with E-state index in [9.17, 15) is 0 Å². The van der Waals surface area contributed by atoms with Gasteiger partial charge in [0.25, 0.3) is 0 Å². The molecule has 3 aromatic rings. The highest BCUT2D eigenvalue weighted by atomic mass is 16.5. The number of aromatic nitrogens is 5. The lowest BCUT2D eigenvalue weighted by atomic mass is 10.2. The van der Waals surface area contributed by atoms with Gasteiger partial charge in [-0.15, -0.1) is 5.10 Å². The minimum absolute atomic E-state index is 0.150. The Bertz CT molecular complexity index is 812. The van der Waals surface area contributed by atoms with Crippen molar-refractivity contribution < 1.29 is 4.74 Å². The van der Waals surface area contributed by atoms with Crippen LogP contribution in [0.3, 0.4) is 0 Å². The second kappa shape index (κ2) is 7.16. The number of hydrogen-bond donors (Lipinski definition) is 0. The Kier molecular flexibility index (Phi) is 4.58. The first-order valence-corrected chi connectivity index (χ1v) is 8.56. The van der Waals surface area contributed by atoms with Crippen molar-refractivity contribution in [2.24, 2.45) is 0 Å². The zero-order chi connectivity index (χ0) is 17.1. The molecule has 7 heteroatoms. The molecule has 1 aliphatic heterocycles. The van der Waals surface area contributed by atoms with Gasteiger partial charge >= 0.3 is 0 Å². The number of ether oxygens (including phenoxy) is 1. The summed E-state index contributed by atoms with van der Waals surface area (Å²) in [6.07, 6.45) is 6.07. The van der Waals surface area contributed by atoms with Crippen LogP contribution in [0.4, 0.5) is 0 Å². The van der Waals surface area contributed by atoms with Gasteiger partial charge in [-0.05, 0) is 24.6 Å². The zero-order valence-electron chi connectivity index (χ0n) is 14.3. The van der Waals surface area contributed by atoms with E-state index in [1.54, 1.807) is 0 Å². The summed E-state index contributed by atoms with van der Waals surface area (Å²) in [5.41, 5.74) is 3.17. The van der Waals surface area contributed by atoms with Crippen LogP contribution < -0.4 is 0 Å². The maximum atomic E-state index is 5.89. The highest BCUT2D eigenvalue weighted by Crippen LogP contribution is 2.12. The van der Waals surface area contributed by atoms with Crippen LogP contribution in [0.1, 0.15) is 11.3 Å². The van der Waals surface area contributed by atoms with Crippen LogP contribution in [0.2, 0.25) is 0 Å². The fourth-order valence-electron chi connectivity index (χ4n) is 3.12. The van der Waals surface area contributed by atoms with Crippen molar-refractivity contribution in [1.29, 1.82) is 0 Å². The lowest BCUT2D eigenvalue weighted by Crippen LogP contribution is -2.43. The number of hydrogen-bond acceptors (Lipinski definition) is 5. The van der Waals surface area contributed by atoms with Crippen molar-refractivity contribution >= 4 is 0 Å². The molecule has 3 heterocycles. The van der Waals surface area contributed by atoms with Crippen LogP contribution >= 0.6 is 0 Å². The van der Waals surface area contributed by atoms with E-state index in [-0.39, 0.29) is 6.10 Å². The van der Waals surface area contributed by atoms with E-state index in [1.165, 1.54) is 5.56 Å². The Hall–Kier alpha value is -2.51. The summed E-state index contributed by atoms with van der Waals surface area (Å²) in [5, 5.41) is 12.9. The van der Waals surface area contributed by atoms with Crippen molar-refractivity contribution in [3.05, 3.63) is 60.2 Å². The molecule has 0 aliphatic carbocycles. The van der Waals surface area contributed by atoms with Gasteiger partial charge in [-0.3, -0.25) is 9.58 Å². The topological polar surface area (TPSA) is 61.0 Å². The Labute approximate surface area is 146 Å². The van der Waals surface area contributed by atoms with E-state index in [0.29, 0.717) is 0 Å². The van der Waals surface area contributed by atoms with Crippen molar-refractivity contribution in [3.8, 4) is 5.69 Å². The summed E-state index contributed by atoms with van der Waals surface area (Å²) in [7, 11) is 0. The Morgan fingerprint density at radius 2 is 2.08 bits per heavy atom. The first-order chi connectivity index (χ1) is 12.3. The summed E-state index contributed by atoms with van der Waals surface area (Å²) >= 11 is 0. The van der Waals surface area contributed by atoms with Gasteiger partial charge in [0.15, 0.2) is 0 Å². The first-order valence-electron chi connectivity index (χ1n) is 8.56. The quantitative estimate of drug-likeness (QED) is 0.708. The molecule has 0 amide bonds. The minimum atomic E-state index is 0.150. The van der Waals surface area contributed by atoms with Crippen LogP contribution in [-0.2, 0) is 17.8 Å². The van der Waals surface area contributed by atoms with Crippen LogP contribution in [-0.4, -0.2) is 55.5 Å². The normalized spacial score (nSPS) is 18.5. The maximum absolute atomic E-state index is 5.89. The highest BCUT2D eigenvalue weighted by Gasteiger charge is 2.22. The third kappa shape index (κ3) is 3.94. The first kappa shape index (κ1) is 16.0. The number of benzene rings is 1. The molecule has 1 fully saturated rings. The van der Waals surface area contributed by atoms with Gasteiger partial charge in [0.2, 0.25) is 0 Å². The van der Waals surface area contributed by atoms with Gasteiger partial charge in [-0.2, -0.15) is 5.10 Å². The second-order valence-corrected chi connectivity index (χ2v) is 6.46. The van der Waals surface area contributed by atoms with Crippen LogP contribution in [0.25, 0.3) is 5.69 Å². The summed E-state index contributed by atoms with van der Waals surface area (Å²) in [5.74, 6) is 0. The molecule has 4 rings (SSSR count). The standard InChI is InChI=1S/C18H22N6O/c1-15-9-19-23(10-15)14-18-13-22(7-8-25-18)11-16-12-24(21-20-16)17-5-3-2-4-6-17/h2-6,9-10,12,18H,7-8,11,13-14H2,1H3/t18-/m1/s1. The Morgan fingerprint density at radius 3 is 2.88 bits per heavy atom. The number of nitrogens with zero attached hydrogens (tertiary/aromatic N) is 6. The number of rotatable bonds is 5. The van der Waals surface area contributed by atoms with Gasteiger partial charge in [0.1, 0.15) is 0 Å². The van der Waals surface area contributed by atoms with E-state index in [1.807, 2.05) is 65.2 Å². The van der Waals surface area contributed by atoms with Crippen molar-refractivity contribution in [2.45, 2.75) is 26.1 Å². The smallest absolute Gasteiger partial charge is 0.0971 e. The summed E-state index contributed by atoms with van der Waals surface area (Å²) < 4.78 is 9.66. The minimum Gasteiger partial charge on any atom is -0.374 e. The Balaban J connectivity index is 1.37. The molecule has 1 aliphatic rings. The fourth-order valence-corrected chi connectivity index (χ4v) is 3.12. The molecule has 25 heavy (non-hydrogen) atoms. The molecule has 0 bridgehead atoms. The molecule has 0 N–H and O–H groups in total. The van der Waals surface area contributed by atoms with E-state index in [2.05, 4.69) is 20.3 Å². The van der Waals surface area contributed by atoms with Crippen LogP contribution in [0, 0.1) is 6.92 Å². The molecule has 0 radical (unpaired) electrons. The molecule has 2 aromatic heterocycles. The number of morpholine rings is 1. The molecule has 7 nitrogen and oxygen atoms in total. The number of aryl methyl sites for hydroxylation is 1. The van der Waals surface area contributed by atoms with E-state index >= 15 is 0 Å². The van der Waals surface area contributed by atoms with Gasteiger partial charge in [0, 0.05) is 25.8 Å². The molecule has 1 aromatic carbocycles. The third-order valence-corrected chi connectivity index (χ3v) is 4.32. The van der Waals surface area contributed by atoms with Crippen molar-refractivity contribution in [2.75, 3.05) is 19.7 Å². The maximum Gasteiger partial charge on any atom is 0.0971 e. The van der Waals surface area contributed by atoms with E-state index in [0.717, 1.165) is 44.2 Å². The second-order valence-electron chi connectivity index (χ2n) is 6.46. The zero-order valence-corrected chi connectivity index (χ0v) is 14.3. The monoisotopic (exact) mass is 338 g/mol. The van der Waals surface area contributed by atoms with E-state index in [4.69, 9.17) is 4.74 Å². The lowest BCUT2D eigenvalue weighted by molar-refractivity contribution is -0.0405. The average molecular weight is 338 g/mol. The molecule has 130 valence electrons. The molecule has 0 unspecified atom stereocenters. The van der Waals surface area contributed by atoms with E-state index < -0.39 is 0 Å². The van der Waals surface area contributed by atoms with Crippen LogP contribution in [0.15, 0.2) is 48.9 Å². The van der Waals surface area contributed by atoms with Crippen molar-refractivity contribution in [1.82, 2.24) is 29.7 Å². The molecule has 1 atom stereocenters. The largest absolute Gasteiger partial charge is 0.374 e. The predicted molar refractivity (Wildman–Crippen MR) is 93.3 cm³/mol. The molecule has 0 spiro atoms. The molecular weight excluding hydrogens is 316 g/mol. The molecule has 0 saturated carbocycles. The highest BCUT2D eigenvalue weighted by molar-refractivity contribution is 5.29. The Morgan fingerprint density at radius 1 is 1.20 bits per heavy atom. The SMILES string of the molecule is Cc1cnn(C[C@H]2CN(Cc3cn(-c4ccccc4)nn3)CCO2)c1. The van der Waals surface area contributed by atoms with Gasteiger partial charge in [0.05, 0.1) is 43.0 Å². The summed E-state index contributed by atoms with van der Waals surface area (Å²) in [6, 6.07) is 10.0.